The zero-order valence-electron chi connectivity index (χ0n) is 12.4. The molecule has 0 aromatic heterocycles. The topological polar surface area (TPSA) is 0 Å². The van der Waals surface area contributed by atoms with Crippen LogP contribution in [-0.4, -0.2) is 10.2 Å². The summed E-state index contributed by atoms with van der Waals surface area (Å²) in [5.41, 5.74) is 0. The molecule has 0 aliphatic heterocycles. The van der Waals surface area contributed by atoms with Crippen LogP contribution < -0.4 is 0 Å². The minimum Gasteiger partial charge on any atom is -0.0851 e. The standard InChI is InChI=1S/C16H30Si/c1-11(2)16(17,12(3)4)8-7-15-10-13-5-6-14(15)9-13/h5-6,11-15H,7-10H2,1-4,17H3. The van der Waals surface area contributed by atoms with Crippen LogP contribution in [-0.2, 0) is 0 Å². The first-order valence-electron chi connectivity index (χ1n) is 7.61. The molecule has 3 unspecified atom stereocenters. The molecule has 1 heteroatoms. The van der Waals surface area contributed by atoms with Crippen LogP contribution in [0.2, 0.25) is 5.04 Å². The Bertz CT molecular complexity index is 282. The van der Waals surface area contributed by atoms with Crippen molar-refractivity contribution in [2.45, 2.75) is 58.4 Å². The van der Waals surface area contributed by atoms with Gasteiger partial charge in [-0.1, -0.05) is 46.3 Å². The predicted octanol–water partition coefficient (Wildman–Crippen LogP) is 3.81. The smallest absolute Gasteiger partial charge is 0.0113 e. The van der Waals surface area contributed by atoms with E-state index in [1.807, 2.05) is 0 Å². The van der Waals surface area contributed by atoms with Gasteiger partial charge in [0.1, 0.15) is 0 Å². The Hall–Kier alpha value is -0.0431. The number of hydrogen-bond donors (Lipinski definition) is 0. The number of fused-ring (bicyclic) bond motifs is 2. The van der Waals surface area contributed by atoms with Crippen LogP contribution in [0.1, 0.15) is 53.4 Å². The van der Waals surface area contributed by atoms with Crippen LogP contribution in [0.15, 0.2) is 12.2 Å². The van der Waals surface area contributed by atoms with Crippen molar-refractivity contribution in [2.75, 3.05) is 0 Å². The fourth-order valence-corrected chi connectivity index (χ4v) is 4.26. The van der Waals surface area contributed by atoms with Gasteiger partial charge in [0, 0.05) is 10.2 Å². The molecule has 2 bridgehead atoms. The molecule has 0 amide bonds. The number of allylic oxidation sites excluding steroid dienone is 2. The zero-order chi connectivity index (χ0) is 12.6. The van der Waals surface area contributed by atoms with Crippen molar-refractivity contribution in [1.29, 1.82) is 0 Å². The minimum absolute atomic E-state index is 0.672. The van der Waals surface area contributed by atoms with Crippen LogP contribution >= 0.6 is 0 Å². The Morgan fingerprint density at radius 1 is 1.12 bits per heavy atom. The van der Waals surface area contributed by atoms with Crippen molar-refractivity contribution < 1.29 is 0 Å². The third-order valence-corrected chi connectivity index (χ3v) is 8.92. The largest absolute Gasteiger partial charge is 0.0851 e. The summed E-state index contributed by atoms with van der Waals surface area (Å²) in [6, 6.07) is 0. The molecule has 0 radical (unpaired) electrons. The molecule has 1 saturated carbocycles. The van der Waals surface area contributed by atoms with Gasteiger partial charge in [0.05, 0.1) is 0 Å². The molecule has 0 nitrogen and oxygen atoms in total. The van der Waals surface area contributed by atoms with Gasteiger partial charge in [-0.25, -0.2) is 0 Å². The van der Waals surface area contributed by atoms with Gasteiger partial charge < -0.3 is 0 Å². The van der Waals surface area contributed by atoms with E-state index in [4.69, 9.17) is 0 Å². The lowest BCUT2D eigenvalue weighted by atomic mass is 9.77. The summed E-state index contributed by atoms with van der Waals surface area (Å²) in [7, 11) is 1.36. The van der Waals surface area contributed by atoms with E-state index in [0.717, 1.165) is 29.6 Å². The fourth-order valence-electron chi connectivity index (χ4n) is 3.97. The molecule has 0 aromatic rings. The van der Waals surface area contributed by atoms with Crippen molar-refractivity contribution in [2.24, 2.45) is 29.6 Å². The first-order valence-corrected chi connectivity index (χ1v) is 8.61. The zero-order valence-corrected chi connectivity index (χ0v) is 14.4. The SMILES string of the molecule is CC(C)C([SiH3])(CCC1CC2C=CC1C2)C(C)C. The molecule has 17 heavy (non-hydrogen) atoms. The highest BCUT2D eigenvalue weighted by Gasteiger charge is 2.38. The molecule has 0 heterocycles. The first-order chi connectivity index (χ1) is 7.93. The van der Waals surface area contributed by atoms with Crippen molar-refractivity contribution in [3.8, 4) is 0 Å². The average molecular weight is 251 g/mol. The second kappa shape index (κ2) is 4.91. The van der Waals surface area contributed by atoms with Gasteiger partial charge in [-0.05, 0) is 53.9 Å². The Morgan fingerprint density at radius 2 is 1.76 bits per heavy atom. The second-order valence-corrected chi connectivity index (χ2v) is 9.26. The molecule has 0 saturated heterocycles. The van der Waals surface area contributed by atoms with Gasteiger partial charge in [0.15, 0.2) is 0 Å². The fraction of sp³-hybridized carbons (Fsp3) is 0.875. The molecular formula is C16H30Si. The second-order valence-electron chi connectivity index (χ2n) is 7.39. The highest BCUT2D eigenvalue weighted by Crippen LogP contribution is 2.50. The van der Waals surface area contributed by atoms with Gasteiger partial charge in [0.2, 0.25) is 0 Å². The normalized spacial score (nSPS) is 32.2. The van der Waals surface area contributed by atoms with Crippen molar-refractivity contribution >= 4 is 10.2 Å². The molecule has 0 aromatic carbocycles. The third kappa shape index (κ3) is 2.54. The summed E-state index contributed by atoms with van der Waals surface area (Å²) in [6.07, 6.45) is 10.9. The van der Waals surface area contributed by atoms with Gasteiger partial charge in [-0.2, -0.15) is 0 Å². The summed E-state index contributed by atoms with van der Waals surface area (Å²) in [5.74, 6) is 4.65. The van der Waals surface area contributed by atoms with Crippen LogP contribution in [0.5, 0.6) is 0 Å². The number of rotatable bonds is 5. The lowest BCUT2D eigenvalue weighted by Crippen LogP contribution is -2.27. The number of hydrogen-bond acceptors (Lipinski definition) is 0. The molecular weight excluding hydrogens is 220 g/mol. The van der Waals surface area contributed by atoms with Crippen molar-refractivity contribution in [3.05, 3.63) is 12.2 Å². The van der Waals surface area contributed by atoms with E-state index in [0.29, 0.717) is 5.04 Å². The summed E-state index contributed by atoms with van der Waals surface area (Å²) < 4.78 is 0. The summed E-state index contributed by atoms with van der Waals surface area (Å²) in [6.45, 7) is 9.75. The van der Waals surface area contributed by atoms with Gasteiger partial charge in [0.25, 0.3) is 0 Å². The predicted molar refractivity (Wildman–Crippen MR) is 80.4 cm³/mol. The van der Waals surface area contributed by atoms with E-state index >= 15 is 0 Å². The lowest BCUT2D eigenvalue weighted by Gasteiger charge is -2.39. The van der Waals surface area contributed by atoms with Crippen LogP contribution in [0.25, 0.3) is 0 Å². The maximum Gasteiger partial charge on any atom is 0.0113 e. The Labute approximate surface area is 111 Å². The summed E-state index contributed by atoms with van der Waals surface area (Å²) in [5, 5.41) is 0.672. The molecule has 0 N–H and O–H groups in total. The van der Waals surface area contributed by atoms with Crippen molar-refractivity contribution in [3.63, 3.8) is 0 Å². The maximum absolute atomic E-state index is 2.51. The molecule has 98 valence electrons. The lowest BCUT2D eigenvalue weighted by molar-refractivity contribution is 0.258. The maximum atomic E-state index is 2.51. The van der Waals surface area contributed by atoms with Gasteiger partial charge in [-0.15, -0.1) is 0 Å². The van der Waals surface area contributed by atoms with Crippen LogP contribution in [0, 0.1) is 29.6 Å². The van der Waals surface area contributed by atoms with Crippen LogP contribution in [0.4, 0.5) is 0 Å². The van der Waals surface area contributed by atoms with Crippen LogP contribution in [0.3, 0.4) is 0 Å². The molecule has 2 aliphatic carbocycles. The highest BCUT2D eigenvalue weighted by molar-refractivity contribution is 6.15. The molecule has 0 spiro atoms. The van der Waals surface area contributed by atoms with E-state index < -0.39 is 0 Å². The minimum atomic E-state index is 0.672. The summed E-state index contributed by atoms with van der Waals surface area (Å²) in [4.78, 5) is 0. The molecule has 1 fully saturated rings. The summed E-state index contributed by atoms with van der Waals surface area (Å²) >= 11 is 0. The highest BCUT2D eigenvalue weighted by atomic mass is 28.1. The van der Waals surface area contributed by atoms with Crippen molar-refractivity contribution in [1.82, 2.24) is 0 Å². The van der Waals surface area contributed by atoms with E-state index in [2.05, 4.69) is 39.8 Å². The van der Waals surface area contributed by atoms with Gasteiger partial charge in [-0.3, -0.25) is 0 Å². The van der Waals surface area contributed by atoms with E-state index in [1.165, 1.54) is 35.9 Å². The third-order valence-electron chi connectivity index (χ3n) is 6.11. The Kier molecular flexibility index (Phi) is 3.87. The Morgan fingerprint density at radius 3 is 2.18 bits per heavy atom. The Balaban J connectivity index is 1.90. The van der Waals surface area contributed by atoms with E-state index in [1.54, 1.807) is 0 Å². The van der Waals surface area contributed by atoms with E-state index in [-0.39, 0.29) is 0 Å². The monoisotopic (exact) mass is 250 g/mol. The average Bonchev–Trinajstić information content (AvgIpc) is 2.86. The quantitative estimate of drug-likeness (QED) is 0.514. The molecule has 2 rings (SSSR count). The first kappa shape index (κ1) is 13.4. The molecule has 2 aliphatic rings. The molecule has 3 atom stereocenters. The van der Waals surface area contributed by atoms with E-state index in [9.17, 15) is 0 Å². The van der Waals surface area contributed by atoms with Gasteiger partial charge >= 0.3 is 0 Å².